The number of aromatic nitrogens is 3. The highest BCUT2D eigenvalue weighted by Gasteiger charge is 2.22. The molecule has 1 saturated heterocycles. The van der Waals surface area contributed by atoms with Crippen LogP contribution in [0.15, 0.2) is 24.4 Å². The summed E-state index contributed by atoms with van der Waals surface area (Å²) >= 11 is 0. The van der Waals surface area contributed by atoms with Crippen LogP contribution in [0.3, 0.4) is 0 Å². The molecular formula is C17H25N5O2. The first kappa shape index (κ1) is 16.9. The third-order valence-corrected chi connectivity index (χ3v) is 4.35. The highest BCUT2D eigenvalue weighted by Crippen LogP contribution is 2.20. The Morgan fingerprint density at radius 1 is 1.29 bits per heavy atom. The molecule has 24 heavy (non-hydrogen) atoms. The van der Waals surface area contributed by atoms with Crippen LogP contribution in [0.25, 0.3) is 5.65 Å². The van der Waals surface area contributed by atoms with Crippen LogP contribution in [-0.2, 0) is 9.53 Å². The Morgan fingerprint density at radius 3 is 2.83 bits per heavy atom. The van der Waals surface area contributed by atoms with Crippen LogP contribution in [0.4, 0.5) is 0 Å². The SMILES string of the molecule is CC(C)C(NCCC(=O)N1CCOCC1)c1nnc2ccccn12. The number of carbonyl (C=O) groups is 1. The summed E-state index contributed by atoms with van der Waals surface area (Å²) in [4.78, 5) is 14.1. The third-order valence-electron chi connectivity index (χ3n) is 4.35. The molecular weight excluding hydrogens is 306 g/mol. The molecule has 1 unspecified atom stereocenters. The minimum atomic E-state index is 0.0555. The van der Waals surface area contributed by atoms with Crippen molar-refractivity contribution in [2.24, 2.45) is 5.92 Å². The highest BCUT2D eigenvalue weighted by atomic mass is 16.5. The molecule has 1 aliphatic heterocycles. The minimum absolute atomic E-state index is 0.0555. The van der Waals surface area contributed by atoms with Crippen molar-refractivity contribution in [3.8, 4) is 0 Å². The molecule has 0 spiro atoms. The number of ether oxygens (including phenoxy) is 1. The molecule has 1 fully saturated rings. The van der Waals surface area contributed by atoms with E-state index in [2.05, 4.69) is 29.4 Å². The molecule has 130 valence electrons. The van der Waals surface area contributed by atoms with Gasteiger partial charge < -0.3 is 15.0 Å². The van der Waals surface area contributed by atoms with E-state index in [0.717, 1.165) is 11.5 Å². The molecule has 0 radical (unpaired) electrons. The summed E-state index contributed by atoms with van der Waals surface area (Å²) in [5.41, 5.74) is 0.837. The maximum Gasteiger partial charge on any atom is 0.224 e. The van der Waals surface area contributed by atoms with Gasteiger partial charge in [-0.15, -0.1) is 10.2 Å². The van der Waals surface area contributed by atoms with Crippen molar-refractivity contribution < 1.29 is 9.53 Å². The number of pyridine rings is 1. The van der Waals surface area contributed by atoms with Crippen LogP contribution in [0.2, 0.25) is 0 Å². The number of nitrogens with one attached hydrogen (secondary N) is 1. The largest absolute Gasteiger partial charge is 0.378 e. The smallest absolute Gasteiger partial charge is 0.224 e. The molecule has 0 aliphatic carbocycles. The molecule has 0 aromatic carbocycles. The number of carbonyl (C=O) groups excluding carboxylic acids is 1. The van der Waals surface area contributed by atoms with Crippen molar-refractivity contribution >= 4 is 11.6 Å². The predicted molar refractivity (Wildman–Crippen MR) is 90.6 cm³/mol. The minimum Gasteiger partial charge on any atom is -0.378 e. The molecule has 1 N–H and O–H groups in total. The van der Waals surface area contributed by atoms with Gasteiger partial charge in [-0.1, -0.05) is 19.9 Å². The fourth-order valence-electron chi connectivity index (χ4n) is 3.00. The summed E-state index contributed by atoms with van der Waals surface area (Å²) in [5.74, 6) is 1.41. The third kappa shape index (κ3) is 3.73. The van der Waals surface area contributed by atoms with Gasteiger partial charge in [-0.2, -0.15) is 0 Å². The number of fused-ring (bicyclic) bond motifs is 1. The number of morpholine rings is 1. The molecule has 7 nitrogen and oxygen atoms in total. The second kappa shape index (κ2) is 7.72. The summed E-state index contributed by atoms with van der Waals surface area (Å²) < 4.78 is 7.29. The Morgan fingerprint density at radius 2 is 2.08 bits per heavy atom. The summed E-state index contributed by atoms with van der Waals surface area (Å²) in [7, 11) is 0. The fraction of sp³-hybridized carbons (Fsp3) is 0.588. The van der Waals surface area contributed by atoms with Gasteiger partial charge >= 0.3 is 0 Å². The second-order valence-corrected chi connectivity index (χ2v) is 6.41. The zero-order valence-electron chi connectivity index (χ0n) is 14.3. The lowest BCUT2D eigenvalue weighted by Gasteiger charge is -2.27. The molecule has 3 rings (SSSR count). The first-order chi connectivity index (χ1) is 11.7. The number of nitrogens with zero attached hydrogens (tertiary/aromatic N) is 4. The van der Waals surface area contributed by atoms with E-state index in [1.807, 2.05) is 33.7 Å². The average molecular weight is 331 g/mol. The lowest BCUT2D eigenvalue weighted by atomic mass is 10.0. The van der Waals surface area contributed by atoms with E-state index in [4.69, 9.17) is 4.74 Å². The van der Waals surface area contributed by atoms with Crippen molar-refractivity contribution in [2.45, 2.75) is 26.3 Å². The van der Waals surface area contributed by atoms with Crippen molar-refractivity contribution in [3.63, 3.8) is 0 Å². The normalized spacial score (nSPS) is 16.7. The van der Waals surface area contributed by atoms with Crippen molar-refractivity contribution in [3.05, 3.63) is 30.2 Å². The monoisotopic (exact) mass is 331 g/mol. The van der Waals surface area contributed by atoms with Gasteiger partial charge in [-0.25, -0.2) is 0 Å². The molecule has 2 aromatic rings. The Hall–Kier alpha value is -1.99. The summed E-state index contributed by atoms with van der Waals surface area (Å²) in [6.07, 6.45) is 2.46. The van der Waals surface area contributed by atoms with Crippen molar-refractivity contribution in [2.75, 3.05) is 32.8 Å². The van der Waals surface area contributed by atoms with Gasteiger partial charge in [0.2, 0.25) is 5.91 Å². The lowest BCUT2D eigenvalue weighted by molar-refractivity contribution is -0.135. The van der Waals surface area contributed by atoms with E-state index in [0.29, 0.717) is 45.2 Å². The molecule has 0 saturated carbocycles. The second-order valence-electron chi connectivity index (χ2n) is 6.41. The van der Waals surface area contributed by atoms with E-state index in [9.17, 15) is 4.79 Å². The van der Waals surface area contributed by atoms with Crippen molar-refractivity contribution in [1.82, 2.24) is 24.8 Å². The van der Waals surface area contributed by atoms with E-state index in [-0.39, 0.29) is 11.9 Å². The zero-order chi connectivity index (χ0) is 16.9. The molecule has 3 heterocycles. The van der Waals surface area contributed by atoms with Gasteiger partial charge in [-0.3, -0.25) is 9.20 Å². The van der Waals surface area contributed by atoms with Crippen LogP contribution < -0.4 is 5.32 Å². The Labute approximate surface area is 142 Å². The standard InChI is InChI=1S/C17H25N5O2/c1-13(2)16(17-20-19-14-5-3-4-8-22(14)17)18-7-6-15(23)21-9-11-24-12-10-21/h3-5,8,13,16,18H,6-7,9-12H2,1-2H3. The maximum atomic E-state index is 12.2. The number of rotatable bonds is 6. The quantitative estimate of drug-likeness (QED) is 0.863. The number of hydrogen-bond acceptors (Lipinski definition) is 5. The molecule has 1 aliphatic rings. The summed E-state index contributed by atoms with van der Waals surface area (Å²) in [6, 6.07) is 5.92. The predicted octanol–water partition coefficient (Wildman–Crippen LogP) is 1.26. The molecule has 2 aromatic heterocycles. The summed E-state index contributed by atoms with van der Waals surface area (Å²) in [5, 5.41) is 12.0. The first-order valence-electron chi connectivity index (χ1n) is 8.55. The zero-order valence-corrected chi connectivity index (χ0v) is 14.3. The van der Waals surface area contributed by atoms with E-state index < -0.39 is 0 Å². The Kier molecular flexibility index (Phi) is 5.42. The number of amides is 1. The van der Waals surface area contributed by atoms with E-state index in [1.54, 1.807) is 0 Å². The van der Waals surface area contributed by atoms with Crippen LogP contribution in [0.1, 0.15) is 32.1 Å². The molecule has 7 heteroatoms. The Bertz CT molecular complexity index is 678. The van der Waals surface area contributed by atoms with Crippen LogP contribution in [0.5, 0.6) is 0 Å². The van der Waals surface area contributed by atoms with Crippen LogP contribution >= 0.6 is 0 Å². The topological polar surface area (TPSA) is 71.8 Å². The lowest BCUT2D eigenvalue weighted by Crippen LogP contribution is -2.42. The molecule has 1 amide bonds. The highest BCUT2D eigenvalue weighted by molar-refractivity contribution is 5.76. The molecule has 1 atom stereocenters. The van der Waals surface area contributed by atoms with Crippen molar-refractivity contribution in [1.29, 1.82) is 0 Å². The van der Waals surface area contributed by atoms with Crippen LogP contribution in [-0.4, -0.2) is 58.3 Å². The first-order valence-corrected chi connectivity index (χ1v) is 8.55. The average Bonchev–Trinajstić information content (AvgIpc) is 3.03. The van der Waals surface area contributed by atoms with E-state index in [1.165, 1.54) is 0 Å². The van der Waals surface area contributed by atoms with E-state index >= 15 is 0 Å². The molecule has 0 bridgehead atoms. The van der Waals surface area contributed by atoms with Gasteiger partial charge in [0, 0.05) is 32.3 Å². The van der Waals surface area contributed by atoms with Gasteiger partial charge in [-0.05, 0) is 18.1 Å². The maximum absolute atomic E-state index is 12.2. The van der Waals surface area contributed by atoms with Gasteiger partial charge in [0.05, 0.1) is 19.3 Å². The number of hydrogen-bond donors (Lipinski definition) is 1. The Balaban J connectivity index is 1.61. The fourth-order valence-corrected chi connectivity index (χ4v) is 3.00. The summed E-state index contributed by atoms with van der Waals surface area (Å²) in [6.45, 7) is 7.58. The van der Waals surface area contributed by atoms with Gasteiger partial charge in [0.1, 0.15) is 0 Å². The van der Waals surface area contributed by atoms with Crippen LogP contribution in [0, 0.1) is 5.92 Å². The van der Waals surface area contributed by atoms with Gasteiger partial charge in [0.25, 0.3) is 0 Å². The van der Waals surface area contributed by atoms with Gasteiger partial charge in [0.15, 0.2) is 11.5 Å².